The first-order valence-corrected chi connectivity index (χ1v) is 6.37. The number of carbonyl (C=O) groups excluding carboxylic acids is 2. The number of aromatic nitrogens is 2. The van der Waals surface area contributed by atoms with Crippen LogP contribution in [-0.2, 0) is 23.2 Å². The van der Waals surface area contributed by atoms with Gasteiger partial charge in [-0.2, -0.15) is 5.10 Å². The van der Waals surface area contributed by atoms with E-state index in [4.69, 9.17) is 4.74 Å². The molecule has 0 radical (unpaired) electrons. The Bertz CT molecular complexity index is 707. The minimum Gasteiger partial charge on any atom is -0.455 e. The van der Waals surface area contributed by atoms with E-state index >= 15 is 0 Å². The van der Waals surface area contributed by atoms with Crippen LogP contribution >= 0.6 is 0 Å². The number of rotatable bonds is 4. The van der Waals surface area contributed by atoms with Crippen molar-refractivity contribution in [2.75, 3.05) is 0 Å². The van der Waals surface area contributed by atoms with Gasteiger partial charge in [-0.25, -0.2) is 9.18 Å². The number of esters is 1. The van der Waals surface area contributed by atoms with Gasteiger partial charge >= 0.3 is 5.97 Å². The Morgan fingerprint density at radius 3 is 2.52 bits per heavy atom. The summed E-state index contributed by atoms with van der Waals surface area (Å²) in [6.07, 6.45) is 0. The van der Waals surface area contributed by atoms with Crippen LogP contribution in [0.5, 0.6) is 0 Å². The number of nitrogens with zero attached hydrogens (tertiary/aromatic N) is 2. The molecule has 0 spiro atoms. The number of hydrogen-bond acceptors (Lipinski definition) is 4. The first kappa shape index (κ1) is 14.9. The van der Waals surface area contributed by atoms with Crippen LogP contribution < -0.4 is 0 Å². The third-order valence-electron chi connectivity index (χ3n) is 3.24. The fraction of sp³-hybridized carbons (Fsp3) is 0.267. The molecule has 21 heavy (non-hydrogen) atoms. The molecular weight excluding hydrogens is 275 g/mol. The summed E-state index contributed by atoms with van der Waals surface area (Å²) in [6.45, 7) is 3.05. The van der Waals surface area contributed by atoms with Crippen molar-refractivity contribution in [2.45, 2.75) is 20.5 Å². The second-order valence-electron chi connectivity index (χ2n) is 4.67. The van der Waals surface area contributed by atoms with Crippen LogP contribution in [0.2, 0.25) is 0 Å². The van der Waals surface area contributed by atoms with Crippen molar-refractivity contribution in [3.05, 3.63) is 52.6 Å². The molecule has 2 rings (SSSR count). The van der Waals surface area contributed by atoms with E-state index in [2.05, 4.69) is 5.10 Å². The number of aryl methyl sites for hydroxylation is 2. The Hall–Kier alpha value is -2.50. The lowest BCUT2D eigenvalue weighted by atomic mass is 10.1. The van der Waals surface area contributed by atoms with Crippen molar-refractivity contribution >= 4 is 11.8 Å². The molecule has 0 aliphatic rings. The zero-order valence-electron chi connectivity index (χ0n) is 12.0. The van der Waals surface area contributed by atoms with E-state index in [9.17, 15) is 14.0 Å². The Kier molecular flexibility index (Phi) is 4.16. The molecule has 0 atom stereocenters. The van der Waals surface area contributed by atoms with E-state index in [-0.39, 0.29) is 17.7 Å². The van der Waals surface area contributed by atoms with Gasteiger partial charge in [-0.3, -0.25) is 9.48 Å². The van der Waals surface area contributed by atoms with Gasteiger partial charge in [-0.05, 0) is 19.9 Å². The summed E-state index contributed by atoms with van der Waals surface area (Å²) in [5.41, 5.74) is 1.50. The van der Waals surface area contributed by atoms with Crippen molar-refractivity contribution in [1.82, 2.24) is 9.78 Å². The molecule has 1 heterocycles. The number of hydrogen-bond donors (Lipinski definition) is 0. The highest BCUT2D eigenvalue weighted by atomic mass is 19.1. The van der Waals surface area contributed by atoms with Gasteiger partial charge < -0.3 is 4.74 Å². The van der Waals surface area contributed by atoms with E-state index in [1.807, 2.05) is 0 Å². The van der Waals surface area contributed by atoms with Crippen LogP contribution in [0.1, 0.15) is 27.3 Å². The molecule has 0 N–H and O–H groups in total. The number of Topliss-reactive ketones (excluding diaryl/α,β-unsaturated/α-hetero) is 1. The highest BCUT2D eigenvalue weighted by molar-refractivity contribution is 6.41. The third kappa shape index (κ3) is 2.99. The summed E-state index contributed by atoms with van der Waals surface area (Å²) in [6, 6.07) is 5.92. The molecule has 0 aliphatic carbocycles. The molecule has 0 amide bonds. The number of halogens is 1. The largest absolute Gasteiger partial charge is 0.455 e. The topological polar surface area (TPSA) is 61.2 Å². The van der Waals surface area contributed by atoms with Crippen LogP contribution in [0.3, 0.4) is 0 Å². The number of ketones is 1. The Morgan fingerprint density at radius 2 is 1.95 bits per heavy atom. The zero-order chi connectivity index (χ0) is 15.6. The Labute approximate surface area is 121 Å². The molecule has 0 saturated carbocycles. The summed E-state index contributed by atoms with van der Waals surface area (Å²) in [5.74, 6) is -2.27. The van der Waals surface area contributed by atoms with Gasteiger partial charge in [0, 0.05) is 18.3 Å². The second kappa shape index (κ2) is 5.87. The highest BCUT2D eigenvalue weighted by Crippen LogP contribution is 2.14. The van der Waals surface area contributed by atoms with E-state index in [1.165, 1.54) is 22.9 Å². The monoisotopic (exact) mass is 290 g/mol. The molecule has 1 aromatic heterocycles. The van der Waals surface area contributed by atoms with Gasteiger partial charge in [0.1, 0.15) is 12.4 Å². The van der Waals surface area contributed by atoms with Crippen LogP contribution in [0.15, 0.2) is 24.3 Å². The van der Waals surface area contributed by atoms with E-state index in [1.54, 1.807) is 27.0 Å². The third-order valence-corrected chi connectivity index (χ3v) is 3.24. The van der Waals surface area contributed by atoms with Crippen molar-refractivity contribution in [1.29, 1.82) is 0 Å². The summed E-state index contributed by atoms with van der Waals surface area (Å²) in [4.78, 5) is 23.9. The predicted molar refractivity (Wildman–Crippen MR) is 73.2 cm³/mol. The fourth-order valence-electron chi connectivity index (χ4n) is 2.03. The van der Waals surface area contributed by atoms with Gasteiger partial charge in [0.2, 0.25) is 0 Å². The number of carbonyl (C=O) groups is 2. The van der Waals surface area contributed by atoms with Crippen molar-refractivity contribution in [3.8, 4) is 0 Å². The van der Waals surface area contributed by atoms with E-state index in [0.717, 1.165) is 0 Å². The molecule has 0 aliphatic heterocycles. The van der Waals surface area contributed by atoms with Gasteiger partial charge in [-0.1, -0.05) is 18.2 Å². The molecule has 110 valence electrons. The molecule has 5 nitrogen and oxygen atoms in total. The van der Waals surface area contributed by atoms with Crippen molar-refractivity contribution in [2.24, 2.45) is 7.05 Å². The van der Waals surface area contributed by atoms with Gasteiger partial charge in [0.05, 0.1) is 11.3 Å². The van der Waals surface area contributed by atoms with Gasteiger partial charge in [0.25, 0.3) is 5.78 Å². The van der Waals surface area contributed by atoms with Crippen LogP contribution in [0, 0.1) is 19.7 Å². The summed E-state index contributed by atoms with van der Waals surface area (Å²) in [5, 5.41) is 4.07. The average molecular weight is 290 g/mol. The maximum atomic E-state index is 13.4. The summed E-state index contributed by atoms with van der Waals surface area (Å²) < 4.78 is 19.8. The quantitative estimate of drug-likeness (QED) is 0.491. The minimum absolute atomic E-state index is 0.221. The first-order chi connectivity index (χ1) is 9.91. The highest BCUT2D eigenvalue weighted by Gasteiger charge is 2.25. The lowest BCUT2D eigenvalue weighted by Gasteiger charge is -2.05. The van der Waals surface area contributed by atoms with Crippen molar-refractivity contribution in [3.63, 3.8) is 0 Å². The Balaban J connectivity index is 2.10. The number of benzene rings is 1. The Morgan fingerprint density at radius 1 is 1.29 bits per heavy atom. The molecule has 0 unspecified atom stereocenters. The molecule has 0 saturated heterocycles. The molecular formula is C15H15FN2O3. The normalized spacial score (nSPS) is 10.5. The van der Waals surface area contributed by atoms with Crippen LogP contribution in [0.4, 0.5) is 4.39 Å². The molecule has 0 fully saturated rings. The maximum absolute atomic E-state index is 13.4. The summed E-state index contributed by atoms with van der Waals surface area (Å²) in [7, 11) is 1.68. The maximum Gasteiger partial charge on any atom is 0.380 e. The summed E-state index contributed by atoms with van der Waals surface area (Å²) >= 11 is 0. The lowest BCUT2D eigenvalue weighted by Crippen LogP contribution is -2.19. The second-order valence-corrected chi connectivity index (χ2v) is 4.67. The molecule has 2 aromatic rings. The standard InChI is InChI=1S/C15H15FN2O3/c1-9-13(10(2)18(3)17-9)14(19)15(20)21-8-11-6-4-5-7-12(11)16/h4-7H,8H2,1-3H3. The van der Waals surface area contributed by atoms with Crippen LogP contribution in [-0.4, -0.2) is 21.5 Å². The predicted octanol–water partition coefficient (Wildman–Crippen LogP) is 2.10. The lowest BCUT2D eigenvalue weighted by molar-refractivity contribution is -0.139. The molecule has 0 bridgehead atoms. The smallest absolute Gasteiger partial charge is 0.380 e. The minimum atomic E-state index is -1.02. The van der Waals surface area contributed by atoms with Gasteiger partial charge in [0.15, 0.2) is 0 Å². The van der Waals surface area contributed by atoms with Gasteiger partial charge in [-0.15, -0.1) is 0 Å². The van der Waals surface area contributed by atoms with Crippen molar-refractivity contribution < 1.29 is 18.7 Å². The zero-order valence-corrected chi connectivity index (χ0v) is 12.0. The molecule has 6 heteroatoms. The fourth-order valence-corrected chi connectivity index (χ4v) is 2.03. The first-order valence-electron chi connectivity index (χ1n) is 6.37. The van der Waals surface area contributed by atoms with E-state index in [0.29, 0.717) is 11.4 Å². The SMILES string of the molecule is Cc1nn(C)c(C)c1C(=O)C(=O)OCc1ccccc1F. The van der Waals surface area contributed by atoms with Crippen LogP contribution in [0.25, 0.3) is 0 Å². The number of ether oxygens (including phenoxy) is 1. The van der Waals surface area contributed by atoms with E-state index < -0.39 is 17.6 Å². The molecule has 1 aromatic carbocycles. The average Bonchev–Trinajstić information content (AvgIpc) is 2.70.